The zero-order valence-electron chi connectivity index (χ0n) is 12.2. The summed E-state index contributed by atoms with van der Waals surface area (Å²) in [6.45, 7) is 2.21. The van der Waals surface area contributed by atoms with E-state index in [-0.39, 0.29) is 6.04 Å². The third kappa shape index (κ3) is 3.51. The lowest BCUT2D eigenvalue weighted by Gasteiger charge is -2.36. The Hall–Kier alpha value is -1.00. The highest BCUT2D eigenvalue weighted by Crippen LogP contribution is 2.27. The Balaban J connectivity index is 2.05. The average Bonchev–Trinajstić information content (AvgIpc) is 2.38. The highest BCUT2D eigenvalue weighted by Gasteiger charge is 2.29. The lowest BCUT2D eigenvalue weighted by molar-refractivity contribution is 0.349. The fraction of sp³-hybridized carbons (Fsp3) is 0.733. The van der Waals surface area contributed by atoms with Crippen molar-refractivity contribution in [3.8, 4) is 0 Å². The van der Waals surface area contributed by atoms with Crippen LogP contribution in [0, 0.1) is 5.92 Å². The summed E-state index contributed by atoms with van der Waals surface area (Å²) in [4.78, 5) is 0. The third-order valence-corrected chi connectivity index (χ3v) is 4.43. The molecule has 2 aliphatic carbocycles. The number of nitrogens with two attached hydrogens (primary N) is 2. The summed E-state index contributed by atoms with van der Waals surface area (Å²) in [7, 11) is 1.96. The third-order valence-electron chi connectivity index (χ3n) is 4.43. The molecule has 6 N–H and O–H groups in total. The Morgan fingerprint density at radius 3 is 2.79 bits per heavy atom. The van der Waals surface area contributed by atoms with Crippen molar-refractivity contribution in [2.75, 3.05) is 7.05 Å². The molecular weight excluding hydrogens is 236 g/mol. The van der Waals surface area contributed by atoms with Crippen LogP contribution in [0.4, 0.5) is 0 Å². The molecule has 4 nitrogen and oxygen atoms in total. The molecule has 3 atom stereocenters. The minimum atomic E-state index is -0.415. The van der Waals surface area contributed by atoms with Crippen LogP contribution in [0.1, 0.15) is 45.4 Å². The van der Waals surface area contributed by atoms with Crippen molar-refractivity contribution in [2.45, 2.75) is 57.2 Å². The molecule has 2 aliphatic rings. The number of nitrogens with one attached hydrogen (secondary N) is 2. The molecule has 0 spiro atoms. The molecule has 0 aliphatic heterocycles. The van der Waals surface area contributed by atoms with Gasteiger partial charge in [0, 0.05) is 24.5 Å². The zero-order valence-corrected chi connectivity index (χ0v) is 12.2. The van der Waals surface area contributed by atoms with Crippen molar-refractivity contribution in [3.05, 3.63) is 23.5 Å². The normalized spacial score (nSPS) is 35.4. The summed E-state index contributed by atoms with van der Waals surface area (Å²) in [5, 5.41) is 6.73. The summed E-state index contributed by atoms with van der Waals surface area (Å²) in [6, 6.07) is 0.168. The highest BCUT2D eigenvalue weighted by atomic mass is 15.1. The molecule has 0 aromatic heterocycles. The van der Waals surface area contributed by atoms with Crippen LogP contribution in [-0.2, 0) is 0 Å². The molecule has 0 radical (unpaired) electrons. The Morgan fingerprint density at radius 1 is 1.37 bits per heavy atom. The first-order valence-corrected chi connectivity index (χ1v) is 7.49. The molecule has 0 saturated carbocycles. The van der Waals surface area contributed by atoms with Gasteiger partial charge in [0.2, 0.25) is 0 Å². The van der Waals surface area contributed by atoms with Gasteiger partial charge in [-0.15, -0.1) is 0 Å². The van der Waals surface area contributed by atoms with Crippen LogP contribution in [-0.4, -0.2) is 18.8 Å². The van der Waals surface area contributed by atoms with Gasteiger partial charge in [-0.05, 0) is 50.2 Å². The van der Waals surface area contributed by atoms with Crippen LogP contribution in [0.2, 0.25) is 0 Å². The molecule has 0 amide bonds. The van der Waals surface area contributed by atoms with E-state index in [9.17, 15) is 0 Å². The van der Waals surface area contributed by atoms with Gasteiger partial charge in [-0.25, -0.2) is 0 Å². The molecule has 3 unspecified atom stereocenters. The molecular formula is C15H28N4. The summed E-state index contributed by atoms with van der Waals surface area (Å²) in [5.74, 6) is 0.619. The van der Waals surface area contributed by atoms with E-state index in [1.165, 1.54) is 11.4 Å². The molecule has 4 heteroatoms. The lowest BCUT2D eigenvalue weighted by Crippen LogP contribution is -2.54. The molecule has 2 rings (SSSR count). The molecule has 0 fully saturated rings. The van der Waals surface area contributed by atoms with Crippen molar-refractivity contribution < 1.29 is 0 Å². The summed E-state index contributed by atoms with van der Waals surface area (Å²) in [6.07, 6.45) is 10.9. The van der Waals surface area contributed by atoms with Gasteiger partial charge in [-0.3, -0.25) is 0 Å². The topological polar surface area (TPSA) is 76.1 Å². The summed E-state index contributed by atoms with van der Waals surface area (Å²) < 4.78 is 0. The van der Waals surface area contributed by atoms with E-state index in [0.29, 0.717) is 5.92 Å². The predicted octanol–water partition coefficient (Wildman–Crippen LogP) is 1.55. The van der Waals surface area contributed by atoms with Crippen LogP contribution in [0.15, 0.2) is 23.5 Å². The number of hydrogen-bond donors (Lipinski definition) is 4. The van der Waals surface area contributed by atoms with Gasteiger partial charge in [-0.2, -0.15) is 0 Å². The van der Waals surface area contributed by atoms with Gasteiger partial charge in [0.25, 0.3) is 0 Å². The molecule has 19 heavy (non-hydrogen) atoms. The molecule has 0 aromatic rings. The van der Waals surface area contributed by atoms with Crippen LogP contribution < -0.4 is 22.1 Å². The quantitative estimate of drug-likeness (QED) is 0.581. The van der Waals surface area contributed by atoms with E-state index in [4.69, 9.17) is 11.5 Å². The maximum absolute atomic E-state index is 6.46. The van der Waals surface area contributed by atoms with Gasteiger partial charge in [0.05, 0.1) is 0 Å². The van der Waals surface area contributed by atoms with Crippen molar-refractivity contribution in [3.63, 3.8) is 0 Å². The van der Waals surface area contributed by atoms with Gasteiger partial charge < -0.3 is 22.1 Å². The second kappa shape index (κ2) is 5.97. The van der Waals surface area contributed by atoms with E-state index >= 15 is 0 Å². The molecule has 0 saturated heterocycles. The van der Waals surface area contributed by atoms with Gasteiger partial charge in [-0.1, -0.05) is 13.3 Å². The van der Waals surface area contributed by atoms with E-state index in [1.54, 1.807) is 0 Å². The smallest absolute Gasteiger partial charge is 0.107 e. The molecule has 0 heterocycles. The lowest BCUT2D eigenvalue weighted by atomic mass is 9.85. The summed E-state index contributed by atoms with van der Waals surface area (Å²) >= 11 is 0. The fourth-order valence-corrected chi connectivity index (χ4v) is 3.19. The standard InChI is InChI=1S/C15H28N4/c1-3-11-6-7-12(9-14(11)16)19-15(17)8-4-5-13(10-15)18-2/h9-11,14,18-19H,3-8,16-17H2,1-2H3. The zero-order chi connectivity index (χ0) is 13.9. The maximum Gasteiger partial charge on any atom is 0.107 e. The first kappa shape index (κ1) is 14.4. The van der Waals surface area contributed by atoms with Crippen molar-refractivity contribution in [2.24, 2.45) is 17.4 Å². The first-order chi connectivity index (χ1) is 9.06. The highest BCUT2D eigenvalue weighted by molar-refractivity contribution is 5.20. The largest absolute Gasteiger partial charge is 0.392 e. The number of allylic oxidation sites excluding steroid dienone is 2. The van der Waals surface area contributed by atoms with Crippen molar-refractivity contribution in [1.29, 1.82) is 0 Å². The average molecular weight is 264 g/mol. The van der Waals surface area contributed by atoms with Crippen LogP contribution in [0.3, 0.4) is 0 Å². The van der Waals surface area contributed by atoms with Crippen LogP contribution >= 0.6 is 0 Å². The second-order valence-electron chi connectivity index (χ2n) is 5.91. The van der Waals surface area contributed by atoms with E-state index in [2.05, 4.69) is 29.7 Å². The second-order valence-corrected chi connectivity index (χ2v) is 5.91. The molecule has 0 aromatic carbocycles. The van der Waals surface area contributed by atoms with E-state index < -0.39 is 5.66 Å². The van der Waals surface area contributed by atoms with Crippen molar-refractivity contribution in [1.82, 2.24) is 10.6 Å². The minimum absolute atomic E-state index is 0.168. The fourth-order valence-electron chi connectivity index (χ4n) is 3.19. The van der Waals surface area contributed by atoms with Gasteiger partial charge >= 0.3 is 0 Å². The SMILES string of the molecule is CCC1CCC(NC2(N)C=C(NC)CCC2)=CC1N. The Labute approximate surface area is 116 Å². The maximum atomic E-state index is 6.46. The predicted molar refractivity (Wildman–Crippen MR) is 80.1 cm³/mol. The Kier molecular flexibility index (Phi) is 4.53. The number of hydrogen-bond acceptors (Lipinski definition) is 4. The number of rotatable bonds is 4. The van der Waals surface area contributed by atoms with E-state index in [0.717, 1.165) is 38.5 Å². The molecule has 0 bridgehead atoms. The minimum Gasteiger partial charge on any atom is -0.392 e. The Bertz CT molecular complexity index is 374. The van der Waals surface area contributed by atoms with E-state index in [1.807, 2.05) is 7.05 Å². The molecule has 108 valence electrons. The monoisotopic (exact) mass is 264 g/mol. The Morgan fingerprint density at radius 2 is 2.16 bits per heavy atom. The van der Waals surface area contributed by atoms with Crippen molar-refractivity contribution >= 4 is 0 Å². The van der Waals surface area contributed by atoms with Gasteiger partial charge in [0.1, 0.15) is 5.66 Å². The summed E-state index contributed by atoms with van der Waals surface area (Å²) in [5.41, 5.74) is 14.7. The van der Waals surface area contributed by atoms with Crippen LogP contribution in [0.5, 0.6) is 0 Å². The van der Waals surface area contributed by atoms with Crippen LogP contribution in [0.25, 0.3) is 0 Å². The first-order valence-electron chi connectivity index (χ1n) is 7.49. The van der Waals surface area contributed by atoms with Gasteiger partial charge in [0.15, 0.2) is 0 Å².